The van der Waals surface area contributed by atoms with Gasteiger partial charge in [0.05, 0.1) is 6.04 Å². The van der Waals surface area contributed by atoms with Crippen LogP contribution in [0.1, 0.15) is 59.3 Å². The van der Waals surface area contributed by atoms with Gasteiger partial charge in [0.25, 0.3) is 0 Å². The molecule has 12 heteroatoms. The summed E-state index contributed by atoms with van der Waals surface area (Å²) in [5.41, 5.74) is 11.2. The molecule has 0 saturated carbocycles. The van der Waals surface area contributed by atoms with Gasteiger partial charge in [0.15, 0.2) is 0 Å². The summed E-state index contributed by atoms with van der Waals surface area (Å²) in [6, 6.07) is -4.25. The minimum Gasteiger partial charge on any atom is -0.481 e. The Bertz CT molecular complexity index is 656. The molecular formula is C20H37N5O7. The van der Waals surface area contributed by atoms with Crippen LogP contribution < -0.4 is 27.4 Å². The van der Waals surface area contributed by atoms with Crippen LogP contribution >= 0.6 is 0 Å². The van der Waals surface area contributed by atoms with Gasteiger partial charge in [-0.25, -0.2) is 4.79 Å². The molecule has 0 radical (unpaired) electrons. The van der Waals surface area contributed by atoms with E-state index in [2.05, 4.69) is 16.0 Å². The molecule has 12 nitrogen and oxygen atoms in total. The highest BCUT2D eigenvalue weighted by molar-refractivity contribution is 5.93. The zero-order valence-corrected chi connectivity index (χ0v) is 18.9. The van der Waals surface area contributed by atoms with Gasteiger partial charge in [-0.1, -0.05) is 13.8 Å². The van der Waals surface area contributed by atoms with E-state index in [1.165, 1.54) is 6.92 Å². The lowest BCUT2D eigenvalue weighted by Crippen LogP contribution is -2.56. The number of carboxylic acids is 2. The van der Waals surface area contributed by atoms with Crippen molar-refractivity contribution in [2.75, 3.05) is 6.54 Å². The molecule has 0 unspecified atom stereocenters. The van der Waals surface area contributed by atoms with Crippen LogP contribution in [0.25, 0.3) is 0 Å². The van der Waals surface area contributed by atoms with Crippen molar-refractivity contribution < 1.29 is 34.2 Å². The summed E-state index contributed by atoms with van der Waals surface area (Å²) in [5.74, 6) is -4.22. The van der Waals surface area contributed by atoms with E-state index < -0.39 is 53.8 Å². The quantitative estimate of drug-likeness (QED) is 0.139. The Labute approximate surface area is 187 Å². The van der Waals surface area contributed by atoms with Crippen LogP contribution in [0.4, 0.5) is 0 Å². The van der Waals surface area contributed by atoms with E-state index in [0.29, 0.717) is 19.4 Å². The van der Waals surface area contributed by atoms with Crippen molar-refractivity contribution in [3.63, 3.8) is 0 Å². The lowest BCUT2D eigenvalue weighted by Gasteiger charge is -2.24. The second-order valence-corrected chi connectivity index (χ2v) is 8.14. The van der Waals surface area contributed by atoms with E-state index in [1.54, 1.807) is 0 Å². The number of nitrogens with two attached hydrogens (primary N) is 2. The number of aliphatic carboxylic acids is 2. The first-order chi connectivity index (χ1) is 14.9. The zero-order valence-electron chi connectivity index (χ0n) is 18.9. The molecule has 0 aromatic heterocycles. The third kappa shape index (κ3) is 12.2. The van der Waals surface area contributed by atoms with Gasteiger partial charge in [-0.05, 0) is 51.5 Å². The van der Waals surface area contributed by atoms with E-state index in [1.807, 2.05) is 13.8 Å². The molecule has 0 spiro atoms. The SMILES string of the molecule is CC(C)C[C@H](NC(=O)[C@H](C)NC(=O)[C@H](CCCCN)NC(=O)[C@@H](N)CCC(=O)O)C(=O)O. The fourth-order valence-electron chi connectivity index (χ4n) is 2.82. The van der Waals surface area contributed by atoms with Crippen molar-refractivity contribution >= 4 is 29.7 Å². The van der Waals surface area contributed by atoms with Gasteiger partial charge in [-0.3, -0.25) is 19.2 Å². The van der Waals surface area contributed by atoms with Crippen LogP contribution in [0.15, 0.2) is 0 Å². The first kappa shape index (κ1) is 29.3. The smallest absolute Gasteiger partial charge is 0.326 e. The summed E-state index contributed by atoms with van der Waals surface area (Å²) in [7, 11) is 0. The Morgan fingerprint density at radius 1 is 0.812 bits per heavy atom. The summed E-state index contributed by atoms with van der Waals surface area (Å²) in [5, 5.41) is 25.3. The molecule has 0 aromatic carbocycles. The van der Waals surface area contributed by atoms with Crippen molar-refractivity contribution in [3.8, 4) is 0 Å². The largest absolute Gasteiger partial charge is 0.481 e. The number of hydrogen-bond donors (Lipinski definition) is 7. The second kappa shape index (κ2) is 15.1. The highest BCUT2D eigenvalue weighted by Crippen LogP contribution is 2.06. The number of carbonyl (C=O) groups excluding carboxylic acids is 3. The first-order valence-corrected chi connectivity index (χ1v) is 10.7. The van der Waals surface area contributed by atoms with Crippen LogP contribution in [0.2, 0.25) is 0 Å². The maximum atomic E-state index is 12.7. The molecule has 3 amide bonds. The van der Waals surface area contributed by atoms with E-state index in [0.717, 1.165) is 0 Å². The van der Waals surface area contributed by atoms with Gasteiger partial charge in [0.2, 0.25) is 17.7 Å². The number of carboxylic acid groups (broad SMARTS) is 2. The summed E-state index contributed by atoms with van der Waals surface area (Å²) in [6.45, 7) is 5.44. The third-order valence-corrected chi connectivity index (χ3v) is 4.66. The standard InChI is InChI=1S/C20H37N5O7/c1-11(2)10-15(20(31)32)25-17(28)12(3)23-19(30)14(6-4-5-9-21)24-18(29)13(22)7-8-16(26)27/h11-15H,4-10,21-22H2,1-3H3,(H,23,30)(H,24,29)(H,25,28)(H,26,27)(H,31,32)/t12-,13-,14-,15-/m0/s1. The van der Waals surface area contributed by atoms with Crippen LogP contribution in [0.3, 0.4) is 0 Å². The molecule has 32 heavy (non-hydrogen) atoms. The molecule has 184 valence electrons. The average Bonchev–Trinajstić information content (AvgIpc) is 2.69. The highest BCUT2D eigenvalue weighted by Gasteiger charge is 2.28. The minimum absolute atomic E-state index is 0.0359. The number of nitrogens with one attached hydrogen (secondary N) is 3. The van der Waals surface area contributed by atoms with Gasteiger partial charge >= 0.3 is 11.9 Å². The van der Waals surface area contributed by atoms with Crippen LogP contribution in [-0.4, -0.2) is 70.6 Å². The number of rotatable bonds is 16. The van der Waals surface area contributed by atoms with Crippen molar-refractivity contribution in [1.82, 2.24) is 16.0 Å². The predicted octanol–water partition coefficient (Wildman–Crippen LogP) is -1.09. The lowest BCUT2D eigenvalue weighted by atomic mass is 10.0. The van der Waals surface area contributed by atoms with Crippen LogP contribution in [-0.2, 0) is 24.0 Å². The number of unbranched alkanes of at least 4 members (excludes halogenated alkanes) is 1. The monoisotopic (exact) mass is 459 g/mol. The molecule has 4 atom stereocenters. The molecule has 0 bridgehead atoms. The van der Waals surface area contributed by atoms with Crippen molar-refractivity contribution in [1.29, 1.82) is 0 Å². The molecule has 0 aliphatic heterocycles. The second-order valence-electron chi connectivity index (χ2n) is 8.14. The highest BCUT2D eigenvalue weighted by atomic mass is 16.4. The first-order valence-electron chi connectivity index (χ1n) is 10.7. The Morgan fingerprint density at radius 3 is 1.91 bits per heavy atom. The lowest BCUT2D eigenvalue weighted by molar-refractivity contribution is -0.142. The molecule has 0 aromatic rings. The van der Waals surface area contributed by atoms with Gasteiger partial charge in [-0.15, -0.1) is 0 Å². The number of carbonyl (C=O) groups is 5. The Balaban J connectivity index is 5.06. The van der Waals surface area contributed by atoms with E-state index in [4.69, 9.17) is 16.6 Å². The molecule has 0 aliphatic carbocycles. The van der Waals surface area contributed by atoms with Crippen molar-refractivity contribution in [2.45, 2.75) is 83.5 Å². The Kier molecular flexibility index (Phi) is 13.8. The van der Waals surface area contributed by atoms with Crippen LogP contribution in [0, 0.1) is 5.92 Å². The maximum Gasteiger partial charge on any atom is 0.326 e. The third-order valence-electron chi connectivity index (χ3n) is 4.66. The fourth-order valence-corrected chi connectivity index (χ4v) is 2.82. The van der Waals surface area contributed by atoms with Crippen molar-refractivity contribution in [2.24, 2.45) is 17.4 Å². The van der Waals surface area contributed by atoms with E-state index in [9.17, 15) is 29.1 Å². The maximum absolute atomic E-state index is 12.7. The number of amides is 3. The topological polar surface area (TPSA) is 214 Å². The number of hydrogen-bond acceptors (Lipinski definition) is 7. The van der Waals surface area contributed by atoms with Gasteiger partial charge in [-0.2, -0.15) is 0 Å². The van der Waals surface area contributed by atoms with Gasteiger partial charge in [0.1, 0.15) is 18.1 Å². The molecule has 0 aliphatic rings. The summed E-state index contributed by atoms with van der Waals surface area (Å²) < 4.78 is 0. The fraction of sp³-hybridized carbons (Fsp3) is 0.750. The van der Waals surface area contributed by atoms with E-state index >= 15 is 0 Å². The van der Waals surface area contributed by atoms with Gasteiger partial charge in [0, 0.05) is 6.42 Å². The normalized spacial score (nSPS) is 14.7. The molecule has 0 heterocycles. The molecule has 0 rings (SSSR count). The summed E-state index contributed by atoms with van der Waals surface area (Å²) >= 11 is 0. The van der Waals surface area contributed by atoms with Crippen LogP contribution in [0.5, 0.6) is 0 Å². The molecule has 9 N–H and O–H groups in total. The predicted molar refractivity (Wildman–Crippen MR) is 116 cm³/mol. The van der Waals surface area contributed by atoms with Gasteiger partial charge < -0.3 is 37.6 Å². The summed E-state index contributed by atoms with van der Waals surface area (Å²) in [6.07, 6.45) is 1.21. The van der Waals surface area contributed by atoms with E-state index in [-0.39, 0.29) is 31.6 Å². The average molecular weight is 460 g/mol. The summed E-state index contributed by atoms with van der Waals surface area (Å²) in [4.78, 5) is 59.3. The Hall–Kier alpha value is -2.73. The molecular weight excluding hydrogens is 422 g/mol. The van der Waals surface area contributed by atoms with Crippen molar-refractivity contribution in [3.05, 3.63) is 0 Å². The minimum atomic E-state index is -1.17. The molecule has 0 saturated heterocycles. The zero-order chi connectivity index (χ0) is 24.8. The Morgan fingerprint density at radius 2 is 1.41 bits per heavy atom. The molecule has 0 fully saturated rings.